The fraction of sp³-hybridized carbons (Fsp3) is 0.562. The van der Waals surface area contributed by atoms with Gasteiger partial charge in [-0.1, -0.05) is 13.8 Å². The van der Waals surface area contributed by atoms with E-state index in [0.29, 0.717) is 12.3 Å². The lowest BCUT2D eigenvalue weighted by Crippen LogP contribution is -2.21. The quantitative estimate of drug-likeness (QED) is 0.890. The maximum atomic E-state index is 4.65. The topological polar surface area (TPSA) is 50.7 Å². The van der Waals surface area contributed by atoms with Crippen molar-refractivity contribution in [2.24, 2.45) is 5.92 Å². The SMILES string of the molecule is Cc1nc(Cc2nc(C)c(CNCC(C)C)c(C)n2)cs1. The van der Waals surface area contributed by atoms with E-state index in [2.05, 4.69) is 53.3 Å². The molecule has 114 valence electrons. The summed E-state index contributed by atoms with van der Waals surface area (Å²) in [5.41, 5.74) is 4.41. The number of nitrogens with one attached hydrogen (secondary N) is 1. The molecule has 5 heteroatoms. The Hall–Kier alpha value is -1.33. The number of thiazole rings is 1. The molecule has 0 bridgehead atoms. The molecule has 0 radical (unpaired) electrons. The highest BCUT2D eigenvalue weighted by Crippen LogP contribution is 2.14. The molecule has 0 aliphatic heterocycles. The van der Waals surface area contributed by atoms with Gasteiger partial charge < -0.3 is 5.32 Å². The molecule has 0 aromatic carbocycles. The van der Waals surface area contributed by atoms with E-state index >= 15 is 0 Å². The van der Waals surface area contributed by atoms with E-state index in [9.17, 15) is 0 Å². The summed E-state index contributed by atoms with van der Waals surface area (Å²) in [7, 11) is 0. The molecule has 4 nitrogen and oxygen atoms in total. The predicted octanol–water partition coefficient (Wildman–Crippen LogP) is 3.19. The van der Waals surface area contributed by atoms with Gasteiger partial charge in [-0.05, 0) is 33.2 Å². The van der Waals surface area contributed by atoms with Crippen LogP contribution in [-0.2, 0) is 13.0 Å². The van der Waals surface area contributed by atoms with Crippen LogP contribution in [0.15, 0.2) is 5.38 Å². The van der Waals surface area contributed by atoms with Gasteiger partial charge in [0, 0.05) is 28.9 Å². The van der Waals surface area contributed by atoms with Gasteiger partial charge in [-0.25, -0.2) is 15.0 Å². The molecule has 2 heterocycles. The number of aryl methyl sites for hydroxylation is 3. The summed E-state index contributed by atoms with van der Waals surface area (Å²) >= 11 is 1.67. The lowest BCUT2D eigenvalue weighted by molar-refractivity contribution is 0.548. The lowest BCUT2D eigenvalue weighted by atomic mass is 10.1. The second-order valence-electron chi connectivity index (χ2n) is 5.85. The summed E-state index contributed by atoms with van der Waals surface area (Å²) in [6.07, 6.45) is 0.714. The van der Waals surface area contributed by atoms with Gasteiger partial charge in [0.05, 0.1) is 17.1 Å². The van der Waals surface area contributed by atoms with Crippen molar-refractivity contribution >= 4 is 11.3 Å². The summed E-state index contributed by atoms with van der Waals surface area (Å²) in [6.45, 7) is 12.4. The molecular formula is C16H24N4S. The van der Waals surface area contributed by atoms with E-state index in [-0.39, 0.29) is 0 Å². The number of nitrogens with zero attached hydrogens (tertiary/aromatic N) is 3. The Bertz CT molecular complexity index is 581. The van der Waals surface area contributed by atoms with Crippen LogP contribution in [0.5, 0.6) is 0 Å². The predicted molar refractivity (Wildman–Crippen MR) is 87.7 cm³/mol. The Kier molecular flexibility index (Phi) is 5.42. The zero-order valence-electron chi connectivity index (χ0n) is 13.5. The first-order chi connectivity index (χ1) is 9.95. The van der Waals surface area contributed by atoms with Crippen LogP contribution >= 0.6 is 11.3 Å². The average molecular weight is 304 g/mol. The summed E-state index contributed by atoms with van der Waals surface area (Å²) in [5.74, 6) is 1.52. The minimum absolute atomic E-state index is 0.652. The number of aromatic nitrogens is 3. The molecule has 0 aliphatic carbocycles. The summed E-state index contributed by atoms with van der Waals surface area (Å²) in [6, 6.07) is 0. The molecule has 0 aliphatic rings. The van der Waals surface area contributed by atoms with Gasteiger partial charge in [0.15, 0.2) is 0 Å². The van der Waals surface area contributed by atoms with E-state index < -0.39 is 0 Å². The molecule has 21 heavy (non-hydrogen) atoms. The lowest BCUT2D eigenvalue weighted by Gasteiger charge is -2.12. The molecule has 0 spiro atoms. The Morgan fingerprint density at radius 3 is 2.29 bits per heavy atom. The summed E-state index contributed by atoms with van der Waals surface area (Å²) in [4.78, 5) is 13.8. The number of rotatable bonds is 6. The van der Waals surface area contributed by atoms with E-state index in [1.54, 1.807) is 11.3 Å². The van der Waals surface area contributed by atoms with E-state index in [4.69, 9.17) is 0 Å². The highest BCUT2D eigenvalue weighted by molar-refractivity contribution is 7.09. The van der Waals surface area contributed by atoms with Crippen molar-refractivity contribution in [1.82, 2.24) is 20.3 Å². The molecule has 0 atom stereocenters. The highest BCUT2D eigenvalue weighted by Gasteiger charge is 2.10. The smallest absolute Gasteiger partial charge is 0.134 e. The number of hydrogen-bond acceptors (Lipinski definition) is 5. The first-order valence-electron chi connectivity index (χ1n) is 7.40. The minimum atomic E-state index is 0.652. The molecule has 0 unspecified atom stereocenters. The van der Waals surface area contributed by atoms with E-state index in [0.717, 1.165) is 41.0 Å². The third kappa shape index (κ3) is 4.58. The Morgan fingerprint density at radius 2 is 1.76 bits per heavy atom. The van der Waals surface area contributed by atoms with Crippen LogP contribution in [0.3, 0.4) is 0 Å². The van der Waals surface area contributed by atoms with Crippen LogP contribution in [0.2, 0.25) is 0 Å². The van der Waals surface area contributed by atoms with Crippen LogP contribution in [0, 0.1) is 26.7 Å². The first kappa shape index (κ1) is 16.0. The minimum Gasteiger partial charge on any atom is -0.312 e. The molecular weight excluding hydrogens is 280 g/mol. The van der Waals surface area contributed by atoms with Crippen molar-refractivity contribution in [3.05, 3.63) is 38.9 Å². The van der Waals surface area contributed by atoms with Crippen LogP contribution < -0.4 is 5.32 Å². The second-order valence-corrected chi connectivity index (χ2v) is 6.91. The third-order valence-electron chi connectivity index (χ3n) is 3.33. The monoisotopic (exact) mass is 304 g/mol. The maximum absolute atomic E-state index is 4.65. The molecule has 1 N–H and O–H groups in total. The second kappa shape index (κ2) is 7.09. The first-order valence-corrected chi connectivity index (χ1v) is 8.28. The van der Waals surface area contributed by atoms with Gasteiger partial charge in [-0.15, -0.1) is 11.3 Å². The van der Waals surface area contributed by atoms with E-state index in [1.165, 1.54) is 5.56 Å². The fourth-order valence-electron chi connectivity index (χ4n) is 2.28. The third-order valence-corrected chi connectivity index (χ3v) is 4.15. The molecule has 0 fully saturated rings. The van der Waals surface area contributed by atoms with Crippen molar-refractivity contribution in [3.63, 3.8) is 0 Å². The normalized spacial score (nSPS) is 11.3. The highest BCUT2D eigenvalue weighted by atomic mass is 32.1. The zero-order chi connectivity index (χ0) is 15.4. The van der Waals surface area contributed by atoms with Gasteiger partial charge in [0.25, 0.3) is 0 Å². The maximum Gasteiger partial charge on any atom is 0.134 e. The fourth-order valence-corrected chi connectivity index (χ4v) is 2.89. The van der Waals surface area contributed by atoms with Crippen LogP contribution in [0.1, 0.15) is 47.3 Å². The summed E-state index contributed by atoms with van der Waals surface area (Å²) < 4.78 is 0. The van der Waals surface area contributed by atoms with Crippen molar-refractivity contribution < 1.29 is 0 Å². The van der Waals surface area contributed by atoms with Crippen molar-refractivity contribution in [3.8, 4) is 0 Å². The molecule has 2 aromatic rings. The molecule has 2 aromatic heterocycles. The Morgan fingerprint density at radius 1 is 1.10 bits per heavy atom. The van der Waals surface area contributed by atoms with Crippen LogP contribution in [0.4, 0.5) is 0 Å². The zero-order valence-corrected chi connectivity index (χ0v) is 14.3. The summed E-state index contributed by atoms with van der Waals surface area (Å²) in [5, 5.41) is 6.64. The van der Waals surface area contributed by atoms with Crippen molar-refractivity contribution in [1.29, 1.82) is 0 Å². The van der Waals surface area contributed by atoms with Crippen LogP contribution in [-0.4, -0.2) is 21.5 Å². The van der Waals surface area contributed by atoms with Gasteiger partial charge in [-0.2, -0.15) is 0 Å². The largest absolute Gasteiger partial charge is 0.312 e. The Balaban J connectivity index is 2.09. The molecule has 0 saturated heterocycles. The van der Waals surface area contributed by atoms with Gasteiger partial charge in [0.1, 0.15) is 5.82 Å². The van der Waals surface area contributed by atoms with Gasteiger partial charge in [-0.3, -0.25) is 0 Å². The molecule has 0 amide bonds. The van der Waals surface area contributed by atoms with Gasteiger partial charge in [0.2, 0.25) is 0 Å². The average Bonchev–Trinajstić information content (AvgIpc) is 2.78. The standard InChI is InChI=1S/C16H24N4S/c1-10(2)7-17-8-15-11(3)18-16(19-12(15)4)6-14-9-21-13(5)20-14/h9-10,17H,6-8H2,1-5H3. The van der Waals surface area contributed by atoms with Crippen molar-refractivity contribution in [2.75, 3.05) is 6.54 Å². The van der Waals surface area contributed by atoms with E-state index in [1.807, 2.05) is 6.92 Å². The van der Waals surface area contributed by atoms with Gasteiger partial charge >= 0.3 is 0 Å². The van der Waals surface area contributed by atoms with Crippen LogP contribution in [0.25, 0.3) is 0 Å². The Labute approximate surface area is 131 Å². The van der Waals surface area contributed by atoms with Crippen molar-refractivity contribution in [2.45, 2.75) is 47.6 Å². The number of hydrogen-bond donors (Lipinski definition) is 1. The molecule has 0 saturated carbocycles. The molecule has 2 rings (SSSR count).